The van der Waals surface area contributed by atoms with Gasteiger partial charge in [0, 0.05) is 6.92 Å². The summed E-state index contributed by atoms with van der Waals surface area (Å²) in [6.07, 6.45) is -5.38. The Morgan fingerprint density at radius 3 is 2.11 bits per heavy atom. The van der Waals surface area contributed by atoms with Crippen molar-refractivity contribution < 1.29 is 39.5 Å². The van der Waals surface area contributed by atoms with Crippen LogP contribution in [0.4, 0.5) is 0 Å². The smallest absolute Gasteiger partial charge is 0.329 e. The molecule has 0 saturated carbocycles. The number of nitrogens with two attached hydrogens (primary N) is 1. The van der Waals surface area contributed by atoms with Crippen LogP contribution in [0.5, 0.6) is 0 Å². The van der Waals surface area contributed by atoms with E-state index in [0.717, 1.165) is 6.92 Å². The number of carbonyl (C=O) groups is 3. The normalized spacial score (nSPS) is 17.3. The molecule has 0 aromatic heterocycles. The molecule has 9 nitrogen and oxygen atoms in total. The minimum absolute atomic E-state index is 0.578. The van der Waals surface area contributed by atoms with Gasteiger partial charge in [0.05, 0.1) is 6.61 Å². The molecule has 0 bridgehead atoms. The maximum absolute atomic E-state index is 11.2. The molecule has 0 radical (unpaired) electrons. The lowest BCUT2D eigenvalue weighted by Gasteiger charge is -2.25. The Morgan fingerprint density at radius 1 is 1.16 bits per heavy atom. The monoisotopic (exact) mass is 279 g/mol. The summed E-state index contributed by atoms with van der Waals surface area (Å²) in [5.41, 5.74) is 5.25. The number of ether oxygens (including phenoxy) is 1. The van der Waals surface area contributed by atoms with Crippen molar-refractivity contribution in [3.05, 3.63) is 0 Å². The Balaban J connectivity index is 4.37. The van der Waals surface area contributed by atoms with E-state index in [-0.39, 0.29) is 0 Å². The number of hydrogen-bond acceptors (Lipinski definition) is 8. The Morgan fingerprint density at radius 2 is 1.68 bits per heavy atom. The molecule has 0 aliphatic rings. The maximum Gasteiger partial charge on any atom is 0.329 e. The number of carboxylic acid groups (broad SMARTS) is 1. The summed E-state index contributed by atoms with van der Waals surface area (Å²) in [5, 5.41) is 36.7. The van der Waals surface area contributed by atoms with Crippen LogP contribution in [0.3, 0.4) is 0 Å². The van der Waals surface area contributed by atoms with Crippen LogP contribution >= 0.6 is 0 Å². The second-order valence-corrected chi connectivity index (χ2v) is 3.90. The van der Waals surface area contributed by atoms with Crippen LogP contribution in [-0.2, 0) is 19.1 Å². The molecule has 0 aromatic rings. The number of aliphatic hydroxyl groups is 3. The molecule has 0 aliphatic heterocycles. The molecule has 9 heteroatoms. The number of rotatable bonds is 9. The largest absolute Gasteiger partial charge is 0.480 e. The van der Waals surface area contributed by atoms with E-state index in [0.29, 0.717) is 0 Å². The summed E-state index contributed by atoms with van der Waals surface area (Å²) >= 11 is 0. The molecule has 0 aromatic carbocycles. The average molecular weight is 279 g/mol. The highest BCUT2D eigenvalue weighted by Gasteiger charge is 2.34. The van der Waals surface area contributed by atoms with Gasteiger partial charge >= 0.3 is 5.97 Å². The van der Waals surface area contributed by atoms with Gasteiger partial charge in [-0.05, 0) is 0 Å². The van der Waals surface area contributed by atoms with Gasteiger partial charge in [-0.1, -0.05) is 0 Å². The predicted octanol–water partition coefficient (Wildman–Crippen LogP) is -3.34. The summed E-state index contributed by atoms with van der Waals surface area (Å²) in [6.45, 7) is -0.322. The first-order valence-corrected chi connectivity index (χ1v) is 5.32. The molecule has 0 aliphatic carbocycles. The number of aliphatic hydroxyl groups excluding tert-OH is 3. The number of ketones is 2. The van der Waals surface area contributed by atoms with Gasteiger partial charge in [0.1, 0.15) is 31.0 Å². The van der Waals surface area contributed by atoms with E-state index in [1.54, 1.807) is 0 Å². The van der Waals surface area contributed by atoms with Gasteiger partial charge in [-0.25, -0.2) is 4.79 Å². The zero-order chi connectivity index (χ0) is 15.2. The van der Waals surface area contributed by atoms with Gasteiger partial charge in [-0.15, -0.1) is 0 Å². The van der Waals surface area contributed by atoms with Gasteiger partial charge in [0.25, 0.3) is 0 Å². The van der Waals surface area contributed by atoms with E-state index in [1.807, 2.05) is 0 Å². The third-order valence-corrected chi connectivity index (χ3v) is 2.28. The Kier molecular flexibility index (Phi) is 7.34. The van der Waals surface area contributed by atoms with Gasteiger partial charge in [0.15, 0.2) is 5.78 Å². The fourth-order valence-corrected chi connectivity index (χ4v) is 1.20. The molecule has 4 atom stereocenters. The molecule has 110 valence electrons. The third kappa shape index (κ3) is 5.85. The summed E-state index contributed by atoms with van der Waals surface area (Å²) in [7, 11) is 0. The number of carbonyl (C=O) groups excluding carboxylic acids is 2. The second kappa shape index (κ2) is 7.92. The van der Waals surface area contributed by atoms with Crippen molar-refractivity contribution in [1.29, 1.82) is 0 Å². The van der Waals surface area contributed by atoms with E-state index in [4.69, 9.17) is 10.8 Å². The van der Waals surface area contributed by atoms with E-state index in [2.05, 4.69) is 4.74 Å². The lowest BCUT2D eigenvalue weighted by Crippen LogP contribution is -2.54. The van der Waals surface area contributed by atoms with Crippen LogP contribution in [0.2, 0.25) is 0 Å². The molecular formula is C10H17NO8. The molecule has 0 fully saturated rings. The van der Waals surface area contributed by atoms with Crippen molar-refractivity contribution in [2.75, 3.05) is 13.2 Å². The molecule has 0 saturated heterocycles. The van der Waals surface area contributed by atoms with E-state index < -0.39 is 55.1 Å². The number of Topliss-reactive ketones (excluding diaryl/α,β-unsaturated/α-hetero) is 2. The Bertz CT molecular complexity index is 344. The van der Waals surface area contributed by atoms with Gasteiger partial charge in [0.2, 0.25) is 5.78 Å². The van der Waals surface area contributed by atoms with Crippen LogP contribution < -0.4 is 5.73 Å². The number of aliphatic carboxylic acids is 1. The molecule has 0 amide bonds. The molecular weight excluding hydrogens is 262 g/mol. The van der Waals surface area contributed by atoms with Crippen molar-refractivity contribution >= 4 is 17.5 Å². The minimum Gasteiger partial charge on any atom is -0.480 e. The minimum atomic E-state index is -1.88. The van der Waals surface area contributed by atoms with Crippen molar-refractivity contribution in [1.82, 2.24) is 0 Å². The quantitative estimate of drug-likeness (QED) is 0.271. The molecule has 19 heavy (non-hydrogen) atoms. The first-order chi connectivity index (χ1) is 8.68. The van der Waals surface area contributed by atoms with Gasteiger partial charge in [-0.3, -0.25) is 9.59 Å². The van der Waals surface area contributed by atoms with Gasteiger partial charge in [-0.2, -0.15) is 0 Å². The maximum atomic E-state index is 11.2. The average Bonchev–Trinajstić information content (AvgIpc) is 2.34. The fourth-order valence-electron chi connectivity index (χ4n) is 1.20. The molecule has 0 rings (SSSR count). The number of carboxylic acids is 1. The highest BCUT2D eigenvalue weighted by atomic mass is 16.5. The zero-order valence-corrected chi connectivity index (χ0v) is 10.2. The third-order valence-electron chi connectivity index (χ3n) is 2.28. The topological polar surface area (TPSA) is 167 Å². The van der Waals surface area contributed by atoms with Gasteiger partial charge < -0.3 is 30.9 Å². The number of hydrogen-bond donors (Lipinski definition) is 5. The van der Waals surface area contributed by atoms with Crippen LogP contribution in [0.25, 0.3) is 0 Å². The first kappa shape index (κ1) is 17.6. The highest BCUT2D eigenvalue weighted by molar-refractivity contribution is 6.38. The SMILES string of the molecule is CC(=O)C(=O)[C@H](N)[C@@H](O)[C@H](O)[C@H](O)COCC(=O)O. The predicted molar refractivity (Wildman–Crippen MR) is 60.1 cm³/mol. The van der Waals surface area contributed by atoms with Crippen LogP contribution in [-0.4, -0.2) is 75.5 Å². The van der Waals surface area contributed by atoms with Crippen molar-refractivity contribution in [3.63, 3.8) is 0 Å². The molecule has 0 heterocycles. The zero-order valence-electron chi connectivity index (χ0n) is 10.2. The standard InChI is InChI=1S/C10H17NO8/c1-4(12)8(16)7(11)10(18)9(17)5(13)2-19-3-6(14)15/h5,7,9-10,13,17-18H,2-3,11H2,1H3,(H,14,15)/t5-,7+,9-,10-/m1/s1. The highest BCUT2D eigenvalue weighted by Crippen LogP contribution is 2.06. The van der Waals surface area contributed by atoms with Crippen LogP contribution in [0.1, 0.15) is 6.92 Å². The Labute approximate surface area is 108 Å². The fraction of sp³-hybridized carbons (Fsp3) is 0.700. The van der Waals surface area contributed by atoms with Crippen LogP contribution in [0.15, 0.2) is 0 Å². The first-order valence-electron chi connectivity index (χ1n) is 5.32. The van der Waals surface area contributed by atoms with Crippen molar-refractivity contribution in [3.8, 4) is 0 Å². The summed E-state index contributed by atoms with van der Waals surface area (Å²) < 4.78 is 4.50. The van der Waals surface area contributed by atoms with Crippen molar-refractivity contribution in [2.24, 2.45) is 5.73 Å². The van der Waals surface area contributed by atoms with E-state index in [9.17, 15) is 29.7 Å². The van der Waals surface area contributed by atoms with Crippen molar-refractivity contribution in [2.45, 2.75) is 31.3 Å². The summed E-state index contributed by atoms with van der Waals surface area (Å²) in [6, 6.07) is -1.68. The molecule has 6 N–H and O–H groups in total. The van der Waals surface area contributed by atoms with E-state index >= 15 is 0 Å². The van der Waals surface area contributed by atoms with Crippen LogP contribution in [0, 0.1) is 0 Å². The molecule has 0 unspecified atom stereocenters. The lowest BCUT2D eigenvalue weighted by molar-refractivity contribution is -0.147. The molecule has 0 spiro atoms. The summed E-state index contributed by atoms with van der Waals surface area (Å²) in [4.78, 5) is 32.1. The Hall–Kier alpha value is -1.39. The second-order valence-electron chi connectivity index (χ2n) is 3.90. The van der Waals surface area contributed by atoms with E-state index in [1.165, 1.54) is 0 Å². The summed E-state index contributed by atoms with van der Waals surface area (Å²) in [5.74, 6) is -3.26. The lowest BCUT2D eigenvalue weighted by atomic mass is 9.97.